The molecule has 3 N–H and O–H groups in total. The van der Waals surface area contributed by atoms with Gasteiger partial charge in [-0.05, 0) is 17.7 Å². The van der Waals surface area contributed by atoms with Crippen LogP contribution in [-0.2, 0) is 6.54 Å². The Balaban J connectivity index is 2.17. The summed E-state index contributed by atoms with van der Waals surface area (Å²) in [5.74, 6) is 2.82. The van der Waals surface area contributed by atoms with E-state index < -0.39 is 0 Å². The first-order chi connectivity index (χ1) is 8.33. The van der Waals surface area contributed by atoms with Crippen molar-refractivity contribution in [3.05, 3.63) is 35.9 Å². The maximum atomic E-state index is 5.77. The second-order valence-electron chi connectivity index (χ2n) is 3.73. The average Bonchev–Trinajstić information content (AvgIpc) is 2.37. The van der Waals surface area contributed by atoms with Crippen LogP contribution in [0.3, 0.4) is 0 Å². The molecule has 0 saturated heterocycles. The summed E-state index contributed by atoms with van der Waals surface area (Å²) in [5.41, 5.74) is 6.94. The van der Waals surface area contributed by atoms with Gasteiger partial charge in [0, 0.05) is 12.3 Å². The second-order valence-corrected chi connectivity index (χ2v) is 4.95. The molecule has 1 aromatic carbocycles. The third kappa shape index (κ3) is 6.89. The van der Waals surface area contributed by atoms with Crippen LogP contribution in [0.15, 0.2) is 35.3 Å². The number of aliphatic imine (C=N–C) groups is 1. The first-order valence-corrected chi connectivity index (χ1v) is 7.14. The smallest absolute Gasteiger partial charge is 0.188 e. The van der Waals surface area contributed by atoms with Crippen molar-refractivity contribution in [1.82, 2.24) is 5.32 Å². The Kier molecular flexibility index (Phi) is 7.30. The lowest BCUT2D eigenvalue weighted by molar-refractivity contribution is 0.931. The summed E-state index contributed by atoms with van der Waals surface area (Å²) in [6.45, 7) is 3.71. The Labute approximate surface area is 108 Å². The van der Waals surface area contributed by atoms with Crippen molar-refractivity contribution in [3.8, 4) is 0 Å². The molecule has 3 nitrogen and oxygen atoms in total. The Morgan fingerprint density at radius 1 is 1.29 bits per heavy atom. The number of nitrogens with two attached hydrogens (primary N) is 1. The molecule has 0 aliphatic rings. The summed E-state index contributed by atoms with van der Waals surface area (Å²) < 4.78 is 0. The van der Waals surface area contributed by atoms with E-state index in [1.54, 1.807) is 0 Å². The SMILES string of the molecule is CCCSCCNC(N)=NCc1ccccc1. The quantitative estimate of drug-likeness (QED) is 0.444. The van der Waals surface area contributed by atoms with Crippen LogP contribution in [0.1, 0.15) is 18.9 Å². The van der Waals surface area contributed by atoms with E-state index in [0.29, 0.717) is 12.5 Å². The zero-order chi connectivity index (χ0) is 12.3. The maximum Gasteiger partial charge on any atom is 0.188 e. The van der Waals surface area contributed by atoms with Gasteiger partial charge in [0.05, 0.1) is 6.54 Å². The summed E-state index contributed by atoms with van der Waals surface area (Å²) in [6, 6.07) is 10.1. The lowest BCUT2D eigenvalue weighted by atomic mass is 10.2. The van der Waals surface area contributed by atoms with Crippen molar-refractivity contribution in [3.63, 3.8) is 0 Å². The van der Waals surface area contributed by atoms with Gasteiger partial charge in [0.25, 0.3) is 0 Å². The number of benzene rings is 1. The molecule has 0 fully saturated rings. The monoisotopic (exact) mass is 251 g/mol. The Hall–Kier alpha value is -1.16. The van der Waals surface area contributed by atoms with Gasteiger partial charge in [0.15, 0.2) is 5.96 Å². The van der Waals surface area contributed by atoms with Crippen molar-refractivity contribution in [1.29, 1.82) is 0 Å². The summed E-state index contributed by atoms with van der Waals surface area (Å²) in [5, 5.41) is 3.12. The highest BCUT2D eigenvalue weighted by Crippen LogP contribution is 2.00. The fourth-order valence-electron chi connectivity index (χ4n) is 1.31. The number of hydrogen-bond acceptors (Lipinski definition) is 2. The van der Waals surface area contributed by atoms with Crippen LogP contribution in [0.25, 0.3) is 0 Å². The zero-order valence-electron chi connectivity index (χ0n) is 10.4. The molecule has 0 aliphatic carbocycles. The topological polar surface area (TPSA) is 50.4 Å². The predicted molar refractivity (Wildman–Crippen MR) is 77.4 cm³/mol. The molecule has 1 rings (SSSR count). The molecule has 0 amide bonds. The molecule has 0 unspecified atom stereocenters. The average molecular weight is 251 g/mol. The normalized spacial score (nSPS) is 11.5. The zero-order valence-corrected chi connectivity index (χ0v) is 11.2. The van der Waals surface area contributed by atoms with E-state index in [1.807, 2.05) is 42.1 Å². The van der Waals surface area contributed by atoms with Crippen molar-refractivity contribution in [2.24, 2.45) is 10.7 Å². The summed E-state index contributed by atoms with van der Waals surface area (Å²) in [7, 11) is 0. The molecule has 1 aromatic rings. The van der Waals surface area contributed by atoms with Crippen LogP contribution < -0.4 is 11.1 Å². The van der Waals surface area contributed by atoms with Crippen molar-refractivity contribution in [2.75, 3.05) is 18.1 Å². The summed E-state index contributed by atoms with van der Waals surface area (Å²) in [4.78, 5) is 4.29. The standard InChI is InChI=1S/C13H21N3S/c1-2-9-17-10-8-15-13(14)16-11-12-6-4-3-5-7-12/h3-7H,2,8-11H2,1H3,(H3,14,15,16). The van der Waals surface area contributed by atoms with Gasteiger partial charge >= 0.3 is 0 Å². The molecule has 0 heterocycles. The molecule has 0 atom stereocenters. The minimum absolute atomic E-state index is 0.533. The molecule has 0 aromatic heterocycles. The number of hydrogen-bond donors (Lipinski definition) is 2. The Morgan fingerprint density at radius 2 is 2.06 bits per heavy atom. The van der Waals surface area contributed by atoms with E-state index in [2.05, 4.69) is 17.2 Å². The Morgan fingerprint density at radius 3 is 2.76 bits per heavy atom. The van der Waals surface area contributed by atoms with Crippen molar-refractivity contribution >= 4 is 17.7 Å². The molecule has 17 heavy (non-hydrogen) atoms. The number of nitrogens with zero attached hydrogens (tertiary/aromatic N) is 1. The number of guanidine groups is 1. The van der Waals surface area contributed by atoms with Gasteiger partial charge in [-0.1, -0.05) is 37.3 Å². The number of nitrogens with one attached hydrogen (secondary N) is 1. The first-order valence-electron chi connectivity index (χ1n) is 5.98. The van der Waals surface area contributed by atoms with Crippen LogP contribution in [0, 0.1) is 0 Å². The number of thioether (sulfide) groups is 1. The van der Waals surface area contributed by atoms with Crippen LogP contribution in [0.5, 0.6) is 0 Å². The molecule has 94 valence electrons. The number of rotatable bonds is 7. The lowest BCUT2D eigenvalue weighted by Crippen LogP contribution is -2.33. The third-order valence-electron chi connectivity index (χ3n) is 2.18. The van der Waals surface area contributed by atoms with E-state index in [1.165, 1.54) is 17.7 Å². The molecule has 0 radical (unpaired) electrons. The largest absolute Gasteiger partial charge is 0.370 e. The molecule has 0 bridgehead atoms. The fraction of sp³-hybridized carbons (Fsp3) is 0.462. The van der Waals surface area contributed by atoms with Gasteiger partial charge in [-0.15, -0.1) is 0 Å². The van der Waals surface area contributed by atoms with Gasteiger partial charge < -0.3 is 11.1 Å². The van der Waals surface area contributed by atoms with Crippen LogP contribution in [0.4, 0.5) is 0 Å². The maximum absolute atomic E-state index is 5.77. The van der Waals surface area contributed by atoms with Gasteiger partial charge in [-0.25, -0.2) is 4.99 Å². The second kappa shape index (κ2) is 8.93. The summed E-state index contributed by atoms with van der Waals surface area (Å²) >= 11 is 1.94. The highest BCUT2D eigenvalue weighted by atomic mass is 32.2. The van der Waals surface area contributed by atoms with Gasteiger partial charge in [0.2, 0.25) is 0 Å². The molecular weight excluding hydrogens is 230 g/mol. The van der Waals surface area contributed by atoms with Crippen LogP contribution in [0.2, 0.25) is 0 Å². The van der Waals surface area contributed by atoms with Crippen molar-refractivity contribution < 1.29 is 0 Å². The molecular formula is C13H21N3S. The van der Waals surface area contributed by atoms with Gasteiger partial charge in [-0.3, -0.25) is 0 Å². The van der Waals surface area contributed by atoms with Gasteiger partial charge in [-0.2, -0.15) is 11.8 Å². The Bertz CT molecular complexity index is 325. The van der Waals surface area contributed by atoms with E-state index in [4.69, 9.17) is 5.73 Å². The fourth-order valence-corrected chi connectivity index (χ4v) is 2.05. The first kappa shape index (κ1) is 13.9. The minimum atomic E-state index is 0.533. The highest BCUT2D eigenvalue weighted by molar-refractivity contribution is 7.99. The van der Waals surface area contributed by atoms with E-state index in [0.717, 1.165) is 12.3 Å². The molecule has 0 aliphatic heterocycles. The van der Waals surface area contributed by atoms with E-state index >= 15 is 0 Å². The molecule has 0 spiro atoms. The van der Waals surface area contributed by atoms with Gasteiger partial charge in [0.1, 0.15) is 0 Å². The predicted octanol–water partition coefficient (Wildman–Crippen LogP) is 2.23. The summed E-state index contributed by atoms with van der Waals surface area (Å²) in [6.07, 6.45) is 1.22. The lowest BCUT2D eigenvalue weighted by Gasteiger charge is -2.05. The van der Waals surface area contributed by atoms with E-state index in [9.17, 15) is 0 Å². The molecule has 4 heteroatoms. The highest BCUT2D eigenvalue weighted by Gasteiger charge is 1.93. The van der Waals surface area contributed by atoms with E-state index in [-0.39, 0.29) is 0 Å². The molecule has 0 saturated carbocycles. The third-order valence-corrected chi connectivity index (χ3v) is 3.37. The minimum Gasteiger partial charge on any atom is -0.370 e. The van der Waals surface area contributed by atoms with Crippen LogP contribution >= 0.6 is 11.8 Å². The van der Waals surface area contributed by atoms with Crippen molar-refractivity contribution in [2.45, 2.75) is 19.9 Å². The van der Waals surface area contributed by atoms with Crippen LogP contribution in [-0.4, -0.2) is 24.0 Å².